The number of rotatable bonds is 5. The zero-order valence-corrected chi connectivity index (χ0v) is 15.8. The molecule has 0 spiro atoms. The minimum Gasteiger partial charge on any atom is -0.333 e. The average molecular weight is 353 g/mol. The molecule has 24 heavy (non-hydrogen) atoms. The Morgan fingerprint density at radius 3 is 2.29 bits per heavy atom. The lowest BCUT2D eigenvalue weighted by molar-refractivity contribution is 0.0510. The fourth-order valence-electron chi connectivity index (χ4n) is 3.47. The summed E-state index contributed by atoms with van der Waals surface area (Å²) in [7, 11) is -3.55. The van der Waals surface area contributed by atoms with E-state index in [2.05, 4.69) is 13.8 Å². The highest BCUT2D eigenvalue weighted by molar-refractivity contribution is 7.89. The van der Waals surface area contributed by atoms with Crippen LogP contribution in [0.3, 0.4) is 0 Å². The van der Waals surface area contributed by atoms with E-state index in [0.717, 1.165) is 19.3 Å². The van der Waals surface area contributed by atoms with E-state index in [-0.39, 0.29) is 22.9 Å². The van der Waals surface area contributed by atoms with Gasteiger partial charge in [0.25, 0.3) is 5.91 Å². The number of hydrogen-bond acceptors (Lipinski definition) is 3. The smallest absolute Gasteiger partial charge is 0.254 e. The van der Waals surface area contributed by atoms with Crippen molar-refractivity contribution in [3.63, 3.8) is 0 Å². The first-order chi connectivity index (χ1) is 11.3. The van der Waals surface area contributed by atoms with Crippen molar-refractivity contribution in [2.24, 2.45) is 0 Å². The molecule has 2 atom stereocenters. The van der Waals surface area contributed by atoms with E-state index in [1.165, 1.54) is 10.4 Å². The molecule has 0 saturated carbocycles. The number of sulfonamides is 1. The molecule has 1 aliphatic heterocycles. The van der Waals surface area contributed by atoms with Crippen LogP contribution in [0.1, 0.15) is 57.3 Å². The van der Waals surface area contributed by atoms with Gasteiger partial charge in [-0.2, -0.15) is 4.31 Å². The molecule has 0 N–H and O–H groups in total. The van der Waals surface area contributed by atoms with Gasteiger partial charge in [0.1, 0.15) is 0 Å². The van der Waals surface area contributed by atoms with Crippen LogP contribution in [0, 0.1) is 0 Å². The lowest BCUT2D eigenvalue weighted by Gasteiger charge is -2.39. The first kappa shape index (κ1) is 18.9. The van der Waals surface area contributed by atoms with Crippen LogP contribution in [-0.2, 0) is 10.0 Å². The Bertz CT molecular complexity index is 673. The molecule has 6 heteroatoms. The van der Waals surface area contributed by atoms with E-state index in [1.807, 2.05) is 18.7 Å². The monoisotopic (exact) mass is 352 g/mol. The third kappa shape index (κ3) is 3.64. The van der Waals surface area contributed by atoms with Crippen LogP contribution in [0.5, 0.6) is 0 Å². The summed E-state index contributed by atoms with van der Waals surface area (Å²) in [6.07, 6.45) is 3.11. The second kappa shape index (κ2) is 7.66. The Hall–Kier alpha value is -1.40. The molecule has 2 unspecified atom stereocenters. The van der Waals surface area contributed by atoms with Gasteiger partial charge in [-0.05, 0) is 51.3 Å². The van der Waals surface area contributed by atoms with Crippen molar-refractivity contribution in [1.29, 1.82) is 0 Å². The highest BCUT2D eigenvalue weighted by Gasteiger charge is 2.30. The van der Waals surface area contributed by atoms with Crippen LogP contribution >= 0.6 is 0 Å². The Balaban J connectivity index is 2.35. The third-order valence-electron chi connectivity index (χ3n) is 4.85. The zero-order chi connectivity index (χ0) is 17.9. The van der Waals surface area contributed by atoms with E-state index >= 15 is 0 Å². The molecule has 134 valence electrons. The second-order valence-corrected chi connectivity index (χ2v) is 8.40. The molecule has 1 aliphatic rings. The number of amides is 1. The Labute approximate surface area is 145 Å². The van der Waals surface area contributed by atoms with Crippen molar-refractivity contribution in [3.05, 3.63) is 29.8 Å². The Morgan fingerprint density at radius 1 is 1.17 bits per heavy atom. The zero-order valence-electron chi connectivity index (χ0n) is 15.0. The van der Waals surface area contributed by atoms with E-state index < -0.39 is 10.0 Å². The third-order valence-corrected chi connectivity index (χ3v) is 6.90. The van der Waals surface area contributed by atoms with Crippen molar-refractivity contribution < 1.29 is 13.2 Å². The Kier molecular flexibility index (Phi) is 6.04. The van der Waals surface area contributed by atoms with Crippen LogP contribution < -0.4 is 0 Å². The number of likely N-dealkylation sites (tertiary alicyclic amines) is 1. The maximum atomic E-state index is 12.9. The van der Waals surface area contributed by atoms with Gasteiger partial charge in [-0.1, -0.05) is 19.9 Å². The van der Waals surface area contributed by atoms with Gasteiger partial charge >= 0.3 is 0 Å². The number of hydrogen-bond donors (Lipinski definition) is 0. The molecule has 1 aromatic rings. The fraction of sp³-hybridized carbons (Fsp3) is 0.611. The van der Waals surface area contributed by atoms with Gasteiger partial charge in [-0.3, -0.25) is 4.79 Å². The molecule has 1 amide bonds. The fourth-order valence-corrected chi connectivity index (χ4v) is 4.98. The van der Waals surface area contributed by atoms with Gasteiger partial charge in [0.2, 0.25) is 10.0 Å². The summed E-state index contributed by atoms with van der Waals surface area (Å²) in [5.41, 5.74) is 0.448. The first-order valence-electron chi connectivity index (χ1n) is 8.75. The topological polar surface area (TPSA) is 57.7 Å². The van der Waals surface area contributed by atoms with Crippen molar-refractivity contribution in [2.45, 2.75) is 63.9 Å². The van der Waals surface area contributed by atoms with Gasteiger partial charge < -0.3 is 4.90 Å². The standard InChI is InChI=1S/C18H28N2O3S/c1-5-19(6-2)24(22,23)17-12-8-11-16(13-17)18(21)20-14(3)9-7-10-15(20)4/h8,11-15H,5-7,9-10H2,1-4H3. The van der Waals surface area contributed by atoms with E-state index in [0.29, 0.717) is 18.7 Å². The number of benzene rings is 1. The summed E-state index contributed by atoms with van der Waals surface area (Å²) >= 11 is 0. The van der Waals surface area contributed by atoms with Crippen LogP contribution in [-0.4, -0.2) is 48.7 Å². The van der Waals surface area contributed by atoms with E-state index in [1.54, 1.807) is 18.2 Å². The molecule has 0 bridgehead atoms. The number of piperidine rings is 1. The average Bonchev–Trinajstić information content (AvgIpc) is 2.55. The molecule has 1 saturated heterocycles. The summed E-state index contributed by atoms with van der Waals surface area (Å²) in [6, 6.07) is 6.81. The lowest BCUT2D eigenvalue weighted by atomic mass is 9.96. The summed E-state index contributed by atoms with van der Waals surface area (Å²) < 4.78 is 26.8. The van der Waals surface area contributed by atoms with Gasteiger partial charge in [-0.25, -0.2) is 8.42 Å². The number of carbonyl (C=O) groups excluding carboxylic acids is 1. The Morgan fingerprint density at radius 2 is 1.75 bits per heavy atom. The molecule has 0 aliphatic carbocycles. The molecular formula is C18H28N2O3S. The molecule has 0 aromatic heterocycles. The van der Waals surface area contributed by atoms with Gasteiger partial charge in [0.15, 0.2) is 0 Å². The molecule has 5 nitrogen and oxygen atoms in total. The minimum absolute atomic E-state index is 0.0775. The van der Waals surface area contributed by atoms with Gasteiger partial charge in [0.05, 0.1) is 4.90 Å². The number of nitrogens with zero attached hydrogens (tertiary/aromatic N) is 2. The maximum absolute atomic E-state index is 12.9. The van der Waals surface area contributed by atoms with Crippen molar-refractivity contribution in [3.8, 4) is 0 Å². The maximum Gasteiger partial charge on any atom is 0.254 e. The second-order valence-electron chi connectivity index (χ2n) is 6.46. The van der Waals surface area contributed by atoms with E-state index in [4.69, 9.17) is 0 Å². The molecule has 1 aromatic carbocycles. The predicted octanol–water partition coefficient (Wildman–Crippen LogP) is 3.12. The van der Waals surface area contributed by atoms with Crippen LogP contribution in [0.25, 0.3) is 0 Å². The molecular weight excluding hydrogens is 324 g/mol. The summed E-state index contributed by atoms with van der Waals surface area (Å²) in [5, 5.41) is 0. The summed E-state index contributed by atoms with van der Waals surface area (Å²) in [4.78, 5) is 15.0. The normalized spacial score (nSPS) is 22.0. The summed E-state index contributed by atoms with van der Waals surface area (Å²) in [5.74, 6) is -0.0775. The van der Waals surface area contributed by atoms with Crippen molar-refractivity contribution >= 4 is 15.9 Å². The van der Waals surface area contributed by atoms with Crippen molar-refractivity contribution in [2.75, 3.05) is 13.1 Å². The first-order valence-corrected chi connectivity index (χ1v) is 10.2. The summed E-state index contributed by atoms with van der Waals surface area (Å²) in [6.45, 7) is 8.57. The van der Waals surface area contributed by atoms with Gasteiger partial charge in [-0.15, -0.1) is 0 Å². The molecule has 2 rings (SSSR count). The van der Waals surface area contributed by atoms with E-state index in [9.17, 15) is 13.2 Å². The molecule has 1 heterocycles. The largest absolute Gasteiger partial charge is 0.333 e. The predicted molar refractivity (Wildman–Crippen MR) is 95.5 cm³/mol. The van der Waals surface area contributed by atoms with Crippen LogP contribution in [0.4, 0.5) is 0 Å². The van der Waals surface area contributed by atoms with Crippen LogP contribution in [0.15, 0.2) is 29.2 Å². The molecule has 0 radical (unpaired) electrons. The van der Waals surface area contributed by atoms with Crippen molar-refractivity contribution in [1.82, 2.24) is 9.21 Å². The van der Waals surface area contributed by atoms with Crippen LogP contribution in [0.2, 0.25) is 0 Å². The number of carbonyl (C=O) groups is 1. The molecule has 1 fully saturated rings. The van der Waals surface area contributed by atoms with Gasteiger partial charge in [0, 0.05) is 30.7 Å². The quantitative estimate of drug-likeness (QED) is 0.818. The highest BCUT2D eigenvalue weighted by atomic mass is 32.2. The minimum atomic E-state index is -3.55. The lowest BCUT2D eigenvalue weighted by Crippen LogP contribution is -2.47. The highest BCUT2D eigenvalue weighted by Crippen LogP contribution is 2.25. The SMILES string of the molecule is CCN(CC)S(=O)(=O)c1cccc(C(=O)N2C(C)CCCC2C)c1.